The van der Waals surface area contributed by atoms with Crippen LogP contribution in [0.25, 0.3) is 0 Å². The van der Waals surface area contributed by atoms with Gasteiger partial charge >= 0.3 is 11.9 Å². The van der Waals surface area contributed by atoms with Gasteiger partial charge in [0.2, 0.25) is 5.91 Å². The summed E-state index contributed by atoms with van der Waals surface area (Å²) in [5.41, 5.74) is 3.48. The Morgan fingerprint density at radius 2 is 1.33 bits per heavy atom. The van der Waals surface area contributed by atoms with Gasteiger partial charge in [-0.05, 0) is 67.1 Å². The first-order valence-corrected chi connectivity index (χ1v) is 13.5. The average Bonchev–Trinajstić information content (AvgIpc) is 2.92. The summed E-state index contributed by atoms with van der Waals surface area (Å²) in [5, 5.41) is 4.99. The quantitative estimate of drug-likeness (QED) is 0.0751. The summed E-state index contributed by atoms with van der Waals surface area (Å²) in [7, 11) is 0. The predicted molar refractivity (Wildman–Crippen MR) is 153 cm³/mol. The van der Waals surface area contributed by atoms with Crippen LogP contribution in [0.1, 0.15) is 78.1 Å². The van der Waals surface area contributed by atoms with E-state index in [1.165, 1.54) is 49.7 Å². The molecular formula is C30H30Cl2N2O5. The number of rotatable bonds is 13. The second-order valence-electron chi connectivity index (χ2n) is 8.80. The number of hydrazone groups is 1. The Hall–Kier alpha value is -3.68. The molecule has 0 aliphatic heterocycles. The highest BCUT2D eigenvalue weighted by atomic mass is 35.5. The van der Waals surface area contributed by atoms with E-state index in [0.717, 1.165) is 19.3 Å². The van der Waals surface area contributed by atoms with E-state index in [1.54, 1.807) is 42.5 Å². The van der Waals surface area contributed by atoms with E-state index in [1.807, 2.05) is 0 Å². The van der Waals surface area contributed by atoms with Crippen molar-refractivity contribution >= 4 is 47.3 Å². The molecule has 1 N–H and O–H groups in total. The van der Waals surface area contributed by atoms with Gasteiger partial charge in [-0.3, -0.25) is 4.79 Å². The maximum atomic E-state index is 12.8. The molecule has 0 aliphatic rings. The fourth-order valence-corrected chi connectivity index (χ4v) is 3.82. The topological polar surface area (TPSA) is 94.1 Å². The molecule has 0 fully saturated rings. The van der Waals surface area contributed by atoms with Gasteiger partial charge in [-0.2, -0.15) is 5.10 Å². The van der Waals surface area contributed by atoms with Crippen LogP contribution in [0.15, 0.2) is 71.8 Å². The zero-order valence-electron chi connectivity index (χ0n) is 21.6. The van der Waals surface area contributed by atoms with E-state index in [0.29, 0.717) is 27.6 Å². The molecule has 0 radical (unpaired) electrons. The predicted octanol–water partition coefficient (Wildman–Crippen LogP) is 7.63. The van der Waals surface area contributed by atoms with Crippen LogP contribution in [0, 0.1) is 0 Å². The third kappa shape index (κ3) is 10.2. The van der Waals surface area contributed by atoms with Crippen molar-refractivity contribution in [1.82, 2.24) is 5.43 Å². The molecule has 3 aromatic rings. The van der Waals surface area contributed by atoms with Crippen LogP contribution in [-0.4, -0.2) is 24.1 Å². The molecule has 0 saturated carbocycles. The normalized spacial score (nSPS) is 10.8. The SMILES string of the molecule is CCCCCCCCC(=O)N/N=C/c1ccc(OC(=O)c2ccc(Cl)cc2)cc1OC(=O)c1ccc(Cl)cc1. The fraction of sp³-hybridized carbons (Fsp3) is 0.267. The molecule has 9 heteroatoms. The van der Waals surface area contributed by atoms with Crippen molar-refractivity contribution < 1.29 is 23.9 Å². The van der Waals surface area contributed by atoms with Crippen molar-refractivity contribution in [2.45, 2.75) is 51.9 Å². The Kier molecular flexibility index (Phi) is 12.0. The van der Waals surface area contributed by atoms with Gasteiger partial charge in [0, 0.05) is 28.1 Å². The van der Waals surface area contributed by atoms with E-state index < -0.39 is 11.9 Å². The highest BCUT2D eigenvalue weighted by Crippen LogP contribution is 2.26. The van der Waals surface area contributed by atoms with Crippen LogP contribution in [0.4, 0.5) is 0 Å². The highest BCUT2D eigenvalue weighted by molar-refractivity contribution is 6.31. The Morgan fingerprint density at radius 3 is 1.95 bits per heavy atom. The lowest BCUT2D eigenvalue weighted by molar-refractivity contribution is -0.121. The molecule has 0 aliphatic carbocycles. The minimum absolute atomic E-state index is 0.0882. The van der Waals surface area contributed by atoms with E-state index >= 15 is 0 Å². The van der Waals surface area contributed by atoms with Gasteiger partial charge in [0.15, 0.2) is 0 Å². The first kappa shape index (κ1) is 29.9. The molecule has 1 amide bonds. The number of nitrogens with one attached hydrogen (secondary N) is 1. The van der Waals surface area contributed by atoms with Crippen LogP contribution >= 0.6 is 23.2 Å². The number of unbranched alkanes of at least 4 members (excludes halogenated alkanes) is 5. The molecule has 0 aromatic heterocycles. The van der Waals surface area contributed by atoms with Crippen LogP contribution in [0.5, 0.6) is 11.5 Å². The number of carbonyl (C=O) groups excluding carboxylic acids is 3. The smallest absolute Gasteiger partial charge is 0.343 e. The Balaban J connectivity index is 1.70. The third-order valence-corrected chi connectivity index (χ3v) is 6.21. The van der Waals surface area contributed by atoms with E-state index in [2.05, 4.69) is 17.5 Å². The van der Waals surface area contributed by atoms with Gasteiger partial charge < -0.3 is 9.47 Å². The van der Waals surface area contributed by atoms with E-state index in [-0.39, 0.29) is 23.0 Å². The van der Waals surface area contributed by atoms with Gasteiger partial charge in [0.05, 0.1) is 17.3 Å². The molecule has 0 unspecified atom stereocenters. The lowest BCUT2D eigenvalue weighted by Gasteiger charge is -2.11. The van der Waals surface area contributed by atoms with E-state index in [9.17, 15) is 14.4 Å². The molecular weight excluding hydrogens is 539 g/mol. The number of halogens is 2. The summed E-state index contributed by atoms with van der Waals surface area (Å²) >= 11 is 11.8. The van der Waals surface area contributed by atoms with Gasteiger partial charge in [0.1, 0.15) is 11.5 Å². The Labute approximate surface area is 238 Å². The molecule has 0 saturated heterocycles. The molecule has 39 heavy (non-hydrogen) atoms. The Bertz CT molecular complexity index is 1290. The zero-order valence-corrected chi connectivity index (χ0v) is 23.1. The molecule has 0 atom stereocenters. The standard InChI is InChI=1S/C30H30Cl2N2O5/c1-2-3-4-5-6-7-8-28(35)34-33-20-23-13-18-26(38-29(36)21-9-14-24(31)15-10-21)19-27(23)39-30(37)22-11-16-25(32)17-12-22/h9-20H,2-8H2,1H3,(H,34,35)/b33-20+. The summed E-state index contributed by atoms with van der Waals surface area (Å²) in [6.45, 7) is 2.16. The van der Waals surface area contributed by atoms with Crippen molar-refractivity contribution in [3.63, 3.8) is 0 Å². The van der Waals surface area contributed by atoms with Gasteiger partial charge in [-0.15, -0.1) is 0 Å². The van der Waals surface area contributed by atoms with Crippen LogP contribution in [0.2, 0.25) is 10.0 Å². The second-order valence-corrected chi connectivity index (χ2v) is 9.68. The number of amides is 1. The van der Waals surface area contributed by atoms with Crippen molar-refractivity contribution in [3.05, 3.63) is 93.5 Å². The summed E-state index contributed by atoms with van der Waals surface area (Å²) in [4.78, 5) is 37.4. The lowest BCUT2D eigenvalue weighted by Crippen LogP contribution is -2.17. The van der Waals surface area contributed by atoms with E-state index in [4.69, 9.17) is 32.7 Å². The first-order chi connectivity index (χ1) is 18.9. The van der Waals surface area contributed by atoms with Crippen molar-refractivity contribution in [2.24, 2.45) is 5.10 Å². The number of hydrogen-bond donors (Lipinski definition) is 1. The molecule has 7 nitrogen and oxygen atoms in total. The molecule has 3 aromatic carbocycles. The minimum atomic E-state index is -0.644. The maximum absolute atomic E-state index is 12.8. The monoisotopic (exact) mass is 568 g/mol. The van der Waals surface area contributed by atoms with Crippen LogP contribution < -0.4 is 14.9 Å². The number of esters is 2. The maximum Gasteiger partial charge on any atom is 0.343 e. The Morgan fingerprint density at radius 1 is 0.769 bits per heavy atom. The zero-order chi connectivity index (χ0) is 28.0. The molecule has 0 heterocycles. The van der Waals surface area contributed by atoms with Gasteiger partial charge in [0.25, 0.3) is 0 Å². The number of benzene rings is 3. The lowest BCUT2D eigenvalue weighted by atomic mass is 10.1. The largest absolute Gasteiger partial charge is 0.423 e. The van der Waals surface area contributed by atoms with Gasteiger partial charge in [-0.25, -0.2) is 15.0 Å². The second kappa shape index (κ2) is 15.7. The van der Waals surface area contributed by atoms with Crippen molar-refractivity contribution in [2.75, 3.05) is 0 Å². The van der Waals surface area contributed by atoms with Crippen molar-refractivity contribution in [3.8, 4) is 11.5 Å². The summed E-state index contributed by atoms with van der Waals surface area (Å²) in [5.74, 6) is -1.21. The number of carbonyl (C=O) groups is 3. The molecule has 204 valence electrons. The highest BCUT2D eigenvalue weighted by Gasteiger charge is 2.15. The summed E-state index contributed by atoms with van der Waals surface area (Å²) in [6.07, 6.45) is 8.22. The van der Waals surface area contributed by atoms with Crippen LogP contribution in [-0.2, 0) is 4.79 Å². The summed E-state index contributed by atoms with van der Waals surface area (Å²) in [6, 6.07) is 17.0. The number of nitrogens with zero attached hydrogens (tertiary/aromatic N) is 1. The first-order valence-electron chi connectivity index (χ1n) is 12.8. The minimum Gasteiger partial charge on any atom is -0.423 e. The van der Waals surface area contributed by atoms with Crippen LogP contribution in [0.3, 0.4) is 0 Å². The molecule has 3 rings (SSSR count). The number of hydrogen-bond acceptors (Lipinski definition) is 6. The van der Waals surface area contributed by atoms with Crippen molar-refractivity contribution in [1.29, 1.82) is 0 Å². The molecule has 0 spiro atoms. The number of ether oxygens (including phenoxy) is 2. The molecule has 0 bridgehead atoms. The van der Waals surface area contributed by atoms with Gasteiger partial charge in [-0.1, -0.05) is 62.2 Å². The fourth-order valence-electron chi connectivity index (χ4n) is 3.57. The average molecular weight is 569 g/mol. The third-order valence-electron chi connectivity index (χ3n) is 5.71. The summed E-state index contributed by atoms with van der Waals surface area (Å²) < 4.78 is 11.0.